The molecule has 0 atom stereocenters. The van der Waals surface area contributed by atoms with Gasteiger partial charge in [-0.05, 0) is 51.7 Å². The number of nitrogens with zero attached hydrogens (tertiary/aromatic N) is 1. The zero-order chi connectivity index (χ0) is 12.0. The molecule has 0 unspecified atom stereocenters. The van der Waals surface area contributed by atoms with Gasteiger partial charge < -0.3 is 10.0 Å². The van der Waals surface area contributed by atoms with Crippen molar-refractivity contribution < 1.29 is 9.90 Å². The summed E-state index contributed by atoms with van der Waals surface area (Å²) in [5.41, 5.74) is -0.375. The molecule has 1 fully saturated rings. The summed E-state index contributed by atoms with van der Waals surface area (Å²) >= 11 is 0. The van der Waals surface area contributed by atoms with E-state index in [-0.39, 0.29) is 5.41 Å². The average molecular weight is 227 g/mol. The minimum absolute atomic E-state index is 0.375. The third-order valence-electron chi connectivity index (χ3n) is 3.75. The lowest BCUT2D eigenvalue weighted by atomic mass is 9.66. The molecule has 0 aromatic heterocycles. The Hall–Kier alpha value is -0.570. The Bertz CT molecular complexity index is 218. The molecule has 0 aromatic rings. The molecule has 0 aromatic carbocycles. The first-order valence-electron chi connectivity index (χ1n) is 6.60. The number of hydrogen-bond acceptors (Lipinski definition) is 2. The van der Waals surface area contributed by atoms with Crippen molar-refractivity contribution in [2.75, 3.05) is 19.6 Å². The van der Waals surface area contributed by atoms with Crippen molar-refractivity contribution >= 4 is 5.97 Å². The second-order valence-corrected chi connectivity index (χ2v) is 5.03. The highest BCUT2D eigenvalue weighted by molar-refractivity contribution is 5.75. The van der Waals surface area contributed by atoms with Crippen LogP contribution >= 0.6 is 0 Å². The van der Waals surface area contributed by atoms with Gasteiger partial charge in [0.2, 0.25) is 0 Å². The van der Waals surface area contributed by atoms with E-state index in [9.17, 15) is 9.90 Å². The van der Waals surface area contributed by atoms with E-state index >= 15 is 0 Å². The van der Waals surface area contributed by atoms with E-state index in [0.29, 0.717) is 0 Å². The topological polar surface area (TPSA) is 40.5 Å². The second kappa shape index (κ2) is 6.24. The fraction of sp³-hybridized carbons (Fsp3) is 0.923. The van der Waals surface area contributed by atoms with E-state index in [1.165, 1.54) is 0 Å². The zero-order valence-corrected chi connectivity index (χ0v) is 10.7. The predicted molar refractivity (Wildman–Crippen MR) is 65.6 cm³/mol. The van der Waals surface area contributed by atoms with Gasteiger partial charge >= 0.3 is 5.97 Å². The smallest absolute Gasteiger partial charge is 0.309 e. The van der Waals surface area contributed by atoms with E-state index in [0.717, 1.165) is 58.2 Å². The van der Waals surface area contributed by atoms with Crippen molar-refractivity contribution in [1.82, 2.24) is 4.90 Å². The van der Waals surface area contributed by atoms with Crippen molar-refractivity contribution in [3.05, 3.63) is 0 Å². The number of carbonyl (C=O) groups is 1. The maximum Gasteiger partial charge on any atom is 0.309 e. The first-order chi connectivity index (χ1) is 7.64. The van der Waals surface area contributed by atoms with Crippen molar-refractivity contribution in [3.63, 3.8) is 0 Å². The quantitative estimate of drug-likeness (QED) is 0.693. The normalized spacial score (nSPS) is 18.4. The number of carboxylic acids is 1. The molecular weight excluding hydrogens is 202 g/mol. The van der Waals surface area contributed by atoms with Crippen LogP contribution in [0, 0.1) is 5.41 Å². The van der Waals surface area contributed by atoms with Crippen LogP contribution in [0.3, 0.4) is 0 Å². The minimum atomic E-state index is -0.577. The maximum absolute atomic E-state index is 11.2. The third kappa shape index (κ3) is 3.21. The summed E-state index contributed by atoms with van der Waals surface area (Å²) in [5, 5.41) is 9.24. The van der Waals surface area contributed by atoms with E-state index in [4.69, 9.17) is 0 Å². The molecule has 3 heteroatoms. The zero-order valence-electron chi connectivity index (χ0n) is 10.7. The van der Waals surface area contributed by atoms with Crippen LogP contribution in [0.1, 0.15) is 52.4 Å². The summed E-state index contributed by atoms with van der Waals surface area (Å²) in [6.07, 6.45) is 6.00. The van der Waals surface area contributed by atoms with Crippen LogP contribution in [0.2, 0.25) is 0 Å². The van der Waals surface area contributed by atoms with Gasteiger partial charge in [0.25, 0.3) is 0 Å². The number of aliphatic carboxylic acids is 1. The molecule has 0 amide bonds. The third-order valence-corrected chi connectivity index (χ3v) is 3.75. The van der Waals surface area contributed by atoms with Crippen LogP contribution < -0.4 is 0 Å². The van der Waals surface area contributed by atoms with Crippen molar-refractivity contribution in [1.29, 1.82) is 0 Å². The highest BCUT2D eigenvalue weighted by Gasteiger charge is 2.43. The molecule has 0 aliphatic heterocycles. The summed E-state index contributed by atoms with van der Waals surface area (Å²) in [5.74, 6) is -0.577. The Kier molecular flexibility index (Phi) is 5.26. The van der Waals surface area contributed by atoms with E-state index in [1.807, 2.05) is 0 Å². The van der Waals surface area contributed by atoms with Gasteiger partial charge in [0.15, 0.2) is 0 Å². The first kappa shape index (κ1) is 13.5. The largest absolute Gasteiger partial charge is 0.481 e. The Morgan fingerprint density at radius 1 is 1.19 bits per heavy atom. The van der Waals surface area contributed by atoms with Crippen molar-refractivity contribution in [2.24, 2.45) is 5.41 Å². The van der Waals surface area contributed by atoms with Gasteiger partial charge in [-0.25, -0.2) is 0 Å². The van der Waals surface area contributed by atoms with Gasteiger partial charge in [-0.3, -0.25) is 4.79 Å². The fourth-order valence-corrected chi connectivity index (χ4v) is 2.51. The highest BCUT2D eigenvalue weighted by atomic mass is 16.4. The molecule has 3 nitrogen and oxygen atoms in total. The summed E-state index contributed by atoms with van der Waals surface area (Å²) in [6, 6.07) is 0. The van der Waals surface area contributed by atoms with Crippen LogP contribution in [0.25, 0.3) is 0 Å². The Morgan fingerprint density at radius 3 is 2.06 bits per heavy atom. The lowest BCUT2D eigenvalue weighted by Gasteiger charge is -2.39. The van der Waals surface area contributed by atoms with E-state index < -0.39 is 5.97 Å². The number of hydrogen-bond donors (Lipinski definition) is 1. The minimum Gasteiger partial charge on any atom is -0.481 e. The molecule has 0 saturated heterocycles. The Balaban J connectivity index is 2.37. The summed E-state index contributed by atoms with van der Waals surface area (Å²) in [4.78, 5) is 13.6. The first-order valence-corrected chi connectivity index (χ1v) is 6.60. The number of rotatable bonds is 8. The summed E-state index contributed by atoms with van der Waals surface area (Å²) in [7, 11) is 0. The lowest BCUT2D eigenvalue weighted by molar-refractivity contribution is -0.155. The fourth-order valence-electron chi connectivity index (χ4n) is 2.51. The molecule has 0 radical (unpaired) electrons. The van der Waals surface area contributed by atoms with Crippen LogP contribution in [0.4, 0.5) is 0 Å². The molecule has 1 rings (SSSR count). The molecule has 1 aliphatic rings. The molecule has 0 heterocycles. The summed E-state index contributed by atoms with van der Waals surface area (Å²) < 4.78 is 0. The number of carboxylic acid groups (broad SMARTS) is 1. The highest BCUT2D eigenvalue weighted by Crippen LogP contribution is 2.44. The molecule has 1 aliphatic carbocycles. The Morgan fingerprint density at radius 2 is 1.75 bits per heavy atom. The molecule has 1 N–H and O–H groups in total. The monoisotopic (exact) mass is 227 g/mol. The summed E-state index contributed by atoms with van der Waals surface area (Å²) in [6.45, 7) is 7.51. The van der Waals surface area contributed by atoms with Crippen LogP contribution in [-0.2, 0) is 4.79 Å². The van der Waals surface area contributed by atoms with Crippen LogP contribution in [0.5, 0.6) is 0 Å². The van der Waals surface area contributed by atoms with Crippen molar-refractivity contribution in [3.8, 4) is 0 Å². The second-order valence-electron chi connectivity index (χ2n) is 5.03. The standard InChI is InChI=1S/C13H25NO2/c1-3-9-14(10-4-2)11-8-13(12(15)16)6-5-7-13/h3-11H2,1-2H3,(H,15,16). The van der Waals surface area contributed by atoms with E-state index in [2.05, 4.69) is 18.7 Å². The van der Waals surface area contributed by atoms with Gasteiger partial charge in [-0.2, -0.15) is 0 Å². The molecular formula is C13H25NO2. The van der Waals surface area contributed by atoms with Gasteiger partial charge in [-0.1, -0.05) is 20.3 Å². The van der Waals surface area contributed by atoms with Gasteiger partial charge in [-0.15, -0.1) is 0 Å². The molecule has 16 heavy (non-hydrogen) atoms. The Labute approximate surface area is 98.8 Å². The average Bonchev–Trinajstić information content (AvgIpc) is 2.16. The van der Waals surface area contributed by atoms with Gasteiger partial charge in [0, 0.05) is 0 Å². The van der Waals surface area contributed by atoms with Gasteiger partial charge in [0.1, 0.15) is 0 Å². The van der Waals surface area contributed by atoms with Gasteiger partial charge in [0.05, 0.1) is 5.41 Å². The lowest BCUT2D eigenvalue weighted by Crippen LogP contribution is -2.41. The van der Waals surface area contributed by atoms with Crippen LogP contribution in [0.15, 0.2) is 0 Å². The SMILES string of the molecule is CCCN(CCC)CCC1(C(=O)O)CCC1. The molecule has 0 spiro atoms. The molecule has 1 saturated carbocycles. The molecule has 94 valence electrons. The molecule has 0 bridgehead atoms. The maximum atomic E-state index is 11.2. The predicted octanol–water partition coefficient (Wildman–Crippen LogP) is 2.75. The van der Waals surface area contributed by atoms with E-state index in [1.54, 1.807) is 0 Å². The van der Waals surface area contributed by atoms with Crippen molar-refractivity contribution in [2.45, 2.75) is 52.4 Å². The van der Waals surface area contributed by atoms with Crippen LogP contribution in [-0.4, -0.2) is 35.6 Å².